The fraction of sp³-hybridized carbons (Fsp3) is 0.167. The van der Waals surface area contributed by atoms with Gasteiger partial charge in [-0.05, 0) is 23.8 Å². The lowest BCUT2D eigenvalue weighted by atomic mass is 10.0. The van der Waals surface area contributed by atoms with Crippen molar-refractivity contribution < 1.29 is 3.89 Å². The molecule has 1 N–H and O–H groups in total. The first-order chi connectivity index (χ1) is 7.31. The van der Waals surface area contributed by atoms with Gasteiger partial charge in [0.1, 0.15) is 0 Å². The summed E-state index contributed by atoms with van der Waals surface area (Å²) < 4.78 is 12.3. The molecule has 1 aromatic rings. The molecule has 0 saturated carbocycles. The molecule has 0 atom stereocenters. The second-order valence-corrected chi connectivity index (χ2v) is 3.41. The molecule has 2 rings (SSSR count). The van der Waals surface area contributed by atoms with Crippen LogP contribution in [0.5, 0.6) is 0 Å². The van der Waals surface area contributed by atoms with Crippen molar-refractivity contribution in [3.63, 3.8) is 0 Å². The summed E-state index contributed by atoms with van der Waals surface area (Å²) in [4.78, 5) is 0.608. The highest BCUT2D eigenvalue weighted by Crippen LogP contribution is 2.27. The van der Waals surface area contributed by atoms with E-state index in [2.05, 4.69) is 11.9 Å². The third-order valence-electron chi connectivity index (χ3n) is 1.96. The van der Waals surface area contributed by atoms with Crippen molar-refractivity contribution >= 4 is 23.9 Å². The number of hydrogen-bond acceptors (Lipinski definition) is 2. The molecule has 1 nitrogen and oxygen atoms in total. The highest BCUT2D eigenvalue weighted by molar-refractivity contribution is 7.94. The van der Waals surface area contributed by atoms with E-state index in [0.29, 0.717) is 4.90 Å². The van der Waals surface area contributed by atoms with Crippen LogP contribution in [0.4, 0.5) is 3.89 Å². The molecular weight excluding hydrogens is 209 g/mol. The van der Waals surface area contributed by atoms with E-state index in [1.165, 1.54) is 0 Å². The van der Waals surface area contributed by atoms with E-state index in [1.54, 1.807) is 12.1 Å². The Labute approximate surface area is 94.4 Å². The number of fused-ring (bicyclic) bond motifs is 1. The van der Waals surface area contributed by atoms with Gasteiger partial charge in [0.15, 0.2) is 0 Å². The quantitative estimate of drug-likeness (QED) is 0.764. The Balaban J connectivity index is 0.000000531. The zero-order valence-electron chi connectivity index (χ0n) is 8.88. The van der Waals surface area contributed by atoms with Gasteiger partial charge in [0.25, 0.3) is 0 Å². The van der Waals surface area contributed by atoms with E-state index in [4.69, 9.17) is 0 Å². The molecule has 1 aliphatic rings. The van der Waals surface area contributed by atoms with Crippen LogP contribution in [0.2, 0.25) is 0 Å². The molecule has 0 radical (unpaired) electrons. The van der Waals surface area contributed by atoms with Crippen molar-refractivity contribution in [2.24, 2.45) is 0 Å². The number of nitrogens with one attached hydrogen (secondary N) is 1. The summed E-state index contributed by atoms with van der Waals surface area (Å²) in [5, 5.41) is 2.98. The van der Waals surface area contributed by atoms with Crippen LogP contribution in [0.1, 0.15) is 25.0 Å². The van der Waals surface area contributed by atoms with Crippen molar-refractivity contribution in [2.75, 3.05) is 0 Å². The molecule has 0 unspecified atom stereocenters. The smallest absolute Gasteiger partial charge is 0.0812 e. The Hall–Kier alpha value is -1.22. The molecule has 1 heterocycles. The molecule has 0 aliphatic carbocycles. The highest BCUT2D eigenvalue weighted by Gasteiger charge is 2.08. The van der Waals surface area contributed by atoms with Crippen molar-refractivity contribution in [3.05, 3.63) is 42.1 Å². The molecule has 0 saturated heterocycles. The minimum atomic E-state index is 0.251. The van der Waals surface area contributed by atoms with E-state index >= 15 is 0 Å². The van der Waals surface area contributed by atoms with E-state index in [-0.39, 0.29) is 12.1 Å². The van der Waals surface area contributed by atoms with Crippen molar-refractivity contribution in [3.8, 4) is 0 Å². The number of hydrogen-bond donors (Lipinski definition) is 1. The molecule has 3 heteroatoms. The average molecular weight is 223 g/mol. The molecule has 80 valence electrons. The maximum Gasteiger partial charge on any atom is 0.0812 e. The molecule has 0 amide bonds. The van der Waals surface area contributed by atoms with Crippen molar-refractivity contribution in [2.45, 2.75) is 18.7 Å². The maximum atomic E-state index is 12.3. The van der Waals surface area contributed by atoms with Gasteiger partial charge in [0.2, 0.25) is 0 Å². The van der Waals surface area contributed by atoms with Gasteiger partial charge in [-0.2, -0.15) is 3.89 Å². The lowest BCUT2D eigenvalue weighted by Gasteiger charge is -2.14. The topological polar surface area (TPSA) is 12.0 Å². The van der Waals surface area contributed by atoms with Gasteiger partial charge in [0, 0.05) is 22.4 Å². The zero-order chi connectivity index (χ0) is 11.3. The average Bonchev–Trinajstić information content (AvgIpc) is 2.32. The van der Waals surface area contributed by atoms with E-state index < -0.39 is 0 Å². The van der Waals surface area contributed by atoms with Crippen LogP contribution in [0.3, 0.4) is 0 Å². The Morgan fingerprint density at radius 3 is 2.73 bits per heavy atom. The van der Waals surface area contributed by atoms with Gasteiger partial charge < -0.3 is 5.32 Å². The number of benzene rings is 1. The lowest BCUT2D eigenvalue weighted by molar-refractivity contribution is 0.934. The van der Waals surface area contributed by atoms with Crippen LogP contribution in [-0.2, 0) is 0 Å². The van der Waals surface area contributed by atoms with E-state index in [9.17, 15) is 3.89 Å². The second kappa shape index (κ2) is 5.61. The van der Waals surface area contributed by atoms with Crippen LogP contribution in [-0.4, -0.2) is 0 Å². The summed E-state index contributed by atoms with van der Waals surface area (Å²) >= 11 is 0.251. The van der Waals surface area contributed by atoms with E-state index in [0.717, 1.165) is 16.8 Å². The molecule has 0 bridgehead atoms. The summed E-state index contributed by atoms with van der Waals surface area (Å²) in [7, 11) is 0. The monoisotopic (exact) mass is 223 g/mol. The maximum absolute atomic E-state index is 12.3. The predicted molar refractivity (Wildman–Crippen MR) is 66.0 cm³/mol. The van der Waals surface area contributed by atoms with Crippen molar-refractivity contribution in [1.29, 1.82) is 0 Å². The molecule has 15 heavy (non-hydrogen) atoms. The Bertz CT molecular complexity index is 385. The predicted octanol–water partition coefficient (Wildman–Crippen LogP) is 4.23. The minimum Gasteiger partial charge on any atom is -0.362 e. The van der Waals surface area contributed by atoms with Crippen LogP contribution in [0.25, 0.3) is 11.8 Å². The van der Waals surface area contributed by atoms with Gasteiger partial charge in [0.05, 0.1) is 12.1 Å². The van der Waals surface area contributed by atoms with E-state index in [1.807, 2.05) is 32.2 Å². The Morgan fingerprint density at radius 1 is 1.33 bits per heavy atom. The first-order valence-electron chi connectivity index (χ1n) is 4.86. The zero-order valence-corrected chi connectivity index (χ0v) is 9.70. The first-order valence-corrected chi connectivity index (χ1v) is 5.58. The summed E-state index contributed by atoms with van der Waals surface area (Å²) in [6.45, 7) is 7.84. The SMILES string of the molecule is C=C1NC=Cc2ccc(SF)cc21.CC. The molecular formula is C12H14FNS. The summed E-state index contributed by atoms with van der Waals surface area (Å²) in [6.07, 6.45) is 3.77. The molecule has 1 aliphatic heterocycles. The fourth-order valence-corrected chi connectivity index (χ4v) is 1.58. The van der Waals surface area contributed by atoms with Gasteiger partial charge in [-0.1, -0.05) is 26.5 Å². The summed E-state index contributed by atoms with van der Waals surface area (Å²) in [6, 6.07) is 5.44. The number of rotatable bonds is 1. The third kappa shape index (κ3) is 2.63. The molecule has 0 aromatic heterocycles. The molecule has 0 fully saturated rings. The van der Waals surface area contributed by atoms with Gasteiger partial charge >= 0.3 is 0 Å². The Kier molecular flexibility index (Phi) is 4.43. The first kappa shape index (κ1) is 11.9. The lowest BCUT2D eigenvalue weighted by Crippen LogP contribution is -2.07. The van der Waals surface area contributed by atoms with Crippen LogP contribution >= 0.6 is 12.1 Å². The van der Waals surface area contributed by atoms with Gasteiger partial charge in [-0.15, -0.1) is 0 Å². The minimum absolute atomic E-state index is 0.251. The second-order valence-electron chi connectivity index (χ2n) is 2.78. The standard InChI is InChI=1S/C10H8FNS.C2H6/c1-7-10-6-9(13-11)3-2-8(10)4-5-12-7;1-2/h2-6,12H,1H2;1-2H3. The van der Waals surface area contributed by atoms with Crippen molar-refractivity contribution in [1.82, 2.24) is 5.32 Å². The number of halogens is 1. The fourth-order valence-electron chi connectivity index (χ4n) is 1.30. The van der Waals surface area contributed by atoms with Gasteiger partial charge in [-0.25, -0.2) is 0 Å². The van der Waals surface area contributed by atoms with Crippen LogP contribution in [0.15, 0.2) is 35.9 Å². The third-order valence-corrected chi connectivity index (χ3v) is 2.39. The summed E-state index contributed by atoms with van der Waals surface area (Å²) in [5.74, 6) is 0. The normalized spacial score (nSPS) is 12.3. The molecule has 0 spiro atoms. The van der Waals surface area contributed by atoms with Gasteiger partial charge in [-0.3, -0.25) is 0 Å². The van der Waals surface area contributed by atoms with Crippen LogP contribution in [0, 0.1) is 0 Å². The summed E-state index contributed by atoms with van der Waals surface area (Å²) in [5.41, 5.74) is 2.85. The molecule has 1 aromatic carbocycles. The Morgan fingerprint density at radius 2 is 2.07 bits per heavy atom. The van der Waals surface area contributed by atoms with Crippen LogP contribution < -0.4 is 5.32 Å². The highest BCUT2D eigenvalue weighted by atomic mass is 32.2. The largest absolute Gasteiger partial charge is 0.362 e.